The van der Waals surface area contributed by atoms with Crippen LogP contribution in [-0.4, -0.2) is 35.7 Å². The Morgan fingerprint density at radius 2 is 1.69 bits per heavy atom. The highest BCUT2D eigenvalue weighted by molar-refractivity contribution is 5.94. The van der Waals surface area contributed by atoms with Crippen molar-refractivity contribution in [3.63, 3.8) is 0 Å². The van der Waals surface area contributed by atoms with Crippen molar-refractivity contribution in [3.8, 4) is 11.5 Å². The third-order valence-electron chi connectivity index (χ3n) is 5.94. The summed E-state index contributed by atoms with van der Waals surface area (Å²) in [7, 11) is 1.61. The van der Waals surface area contributed by atoms with Gasteiger partial charge in [-0.1, -0.05) is 18.2 Å². The van der Waals surface area contributed by atoms with E-state index in [4.69, 9.17) is 14.5 Å². The SMILES string of the molecule is COc1ccc(C(=O)NCCCc2nc3ccccc3n2CCCOc2cc(C)cc(C)c2)cc1. The summed E-state index contributed by atoms with van der Waals surface area (Å²) in [4.78, 5) is 17.3. The van der Waals surface area contributed by atoms with Gasteiger partial charge in [0.05, 0.1) is 24.8 Å². The van der Waals surface area contributed by atoms with E-state index in [9.17, 15) is 4.79 Å². The van der Waals surface area contributed by atoms with Gasteiger partial charge in [0.15, 0.2) is 0 Å². The zero-order valence-corrected chi connectivity index (χ0v) is 20.7. The van der Waals surface area contributed by atoms with Crippen LogP contribution in [0.15, 0.2) is 66.7 Å². The highest BCUT2D eigenvalue weighted by Gasteiger charge is 2.11. The average Bonchev–Trinajstić information content (AvgIpc) is 3.21. The van der Waals surface area contributed by atoms with Crippen LogP contribution >= 0.6 is 0 Å². The third-order valence-corrected chi connectivity index (χ3v) is 5.94. The molecule has 4 rings (SSSR count). The quantitative estimate of drug-likeness (QED) is 0.294. The van der Waals surface area contributed by atoms with Gasteiger partial charge < -0.3 is 19.4 Å². The van der Waals surface area contributed by atoms with E-state index >= 15 is 0 Å². The predicted octanol–water partition coefficient (Wildman–Crippen LogP) is 5.49. The van der Waals surface area contributed by atoms with Crippen LogP contribution in [0.2, 0.25) is 0 Å². The Morgan fingerprint density at radius 3 is 2.43 bits per heavy atom. The van der Waals surface area contributed by atoms with Crippen LogP contribution in [-0.2, 0) is 13.0 Å². The zero-order chi connectivity index (χ0) is 24.6. The summed E-state index contributed by atoms with van der Waals surface area (Å²) in [5.41, 5.74) is 5.18. The summed E-state index contributed by atoms with van der Waals surface area (Å²) in [6.45, 7) is 6.24. The van der Waals surface area contributed by atoms with Gasteiger partial charge in [0.2, 0.25) is 0 Å². The number of hydrogen-bond donors (Lipinski definition) is 1. The molecule has 0 aliphatic heterocycles. The van der Waals surface area contributed by atoms with E-state index in [1.54, 1.807) is 31.4 Å². The largest absolute Gasteiger partial charge is 0.497 e. The number of para-hydroxylation sites is 2. The lowest BCUT2D eigenvalue weighted by molar-refractivity contribution is 0.0953. The lowest BCUT2D eigenvalue weighted by Crippen LogP contribution is -2.25. The molecule has 1 aromatic heterocycles. The van der Waals surface area contributed by atoms with Crippen molar-refractivity contribution in [2.45, 2.75) is 39.7 Å². The first-order chi connectivity index (χ1) is 17.0. The lowest BCUT2D eigenvalue weighted by Gasteiger charge is -2.12. The maximum absolute atomic E-state index is 12.4. The van der Waals surface area contributed by atoms with E-state index in [2.05, 4.69) is 48.0 Å². The Labute approximate surface area is 206 Å². The van der Waals surface area contributed by atoms with Crippen molar-refractivity contribution in [2.24, 2.45) is 0 Å². The molecule has 1 heterocycles. The normalized spacial score (nSPS) is 10.9. The summed E-state index contributed by atoms with van der Waals surface area (Å²) >= 11 is 0. The number of carbonyl (C=O) groups is 1. The van der Waals surface area contributed by atoms with E-state index in [0.29, 0.717) is 18.7 Å². The summed E-state index contributed by atoms with van der Waals surface area (Å²) < 4.78 is 13.4. The van der Waals surface area contributed by atoms with E-state index in [1.165, 1.54) is 11.1 Å². The topological polar surface area (TPSA) is 65.4 Å². The molecule has 0 bridgehead atoms. The van der Waals surface area contributed by atoms with Crippen LogP contribution in [0.1, 0.15) is 40.2 Å². The van der Waals surface area contributed by atoms with E-state index in [-0.39, 0.29) is 5.91 Å². The molecule has 0 aliphatic carbocycles. The molecular formula is C29H33N3O3. The predicted molar refractivity (Wildman–Crippen MR) is 139 cm³/mol. The Hall–Kier alpha value is -3.80. The van der Waals surface area contributed by atoms with Crippen molar-refractivity contribution in [1.82, 2.24) is 14.9 Å². The minimum atomic E-state index is -0.0790. The lowest BCUT2D eigenvalue weighted by atomic mass is 10.1. The number of carbonyl (C=O) groups excluding carboxylic acids is 1. The highest BCUT2D eigenvalue weighted by atomic mass is 16.5. The smallest absolute Gasteiger partial charge is 0.251 e. The van der Waals surface area contributed by atoms with Gasteiger partial charge in [-0.3, -0.25) is 4.79 Å². The molecule has 35 heavy (non-hydrogen) atoms. The monoisotopic (exact) mass is 471 g/mol. The molecule has 0 unspecified atom stereocenters. The van der Waals surface area contributed by atoms with Gasteiger partial charge in [-0.05, 0) is 86.3 Å². The van der Waals surface area contributed by atoms with E-state index in [0.717, 1.165) is 54.2 Å². The van der Waals surface area contributed by atoms with Crippen molar-refractivity contribution in [2.75, 3.05) is 20.3 Å². The molecule has 0 atom stereocenters. The number of rotatable bonds is 11. The third kappa shape index (κ3) is 6.41. The van der Waals surface area contributed by atoms with Crippen LogP contribution in [0.25, 0.3) is 11.0 Å². The highest BCUT2D eigenvalue weighted by Crippen LogP contribution is 2.19. The van der Waals surface area contributed by atoms with Crippen LogP contribution in [0, 0.1) is 13.8 Å². The van der Waals surface area contributed by atoms with Gasteiger partial charge in [-0.2, -0.15) is 0 Å². The van der Waals surface area contributed by atoms with Crippen molar-refractivity contribution in [3.05, 3.63) is 89.2 Å². The Morgan fingerprint density at radius 1 is 0.943 bits per heavy atom. The second-order valence-corrected chi connectivity index (χ2v) is 8.78. The number of aryl methyl sites for hydroxylation is 4. The molecule has 3 aromatic carbocycles. The van der Waals surface area contributed by atoms with Gasteiger partial charge in [-0.25, -0.2) is 4.98 Å². The number of methoxy groups -OCH3 is 1. The van der Waals surface area contributed by atoms with Crippen molar-refractivity contribution >= 4 is 16.9 Å². The maximum Gasteiger partial charge on any atom is 0.251 e. The van der Waals surface area contributed by atoms with Gasteiger partial charge >= 0.3 is 0 Å². The minimum absolute atomic E-state index is 0.0790. The first kappa shape index (κ1) is 24.3. The molecule has 0 saturated heterocycles. The molecule has 1 N–H and O–H groups in total. The standard InChI is InChI=1S/C29H33N3O3/c1-21-18-22(2)20-25(19-21)35-17-7-16-32-27-9-5-4-8-26(27)31-28(32)10-6-15-30-29(33)23-11-13-24(34-3)14-12-23/h4-5,8-9,11-14,18-20H,6-7,10,15-17H2,1-3H3,(H,30,33). The molecule has 1 amide bonds. The number of ether oxygens (including phenoxy) is 2. The molecule has 6 heteroatoms. The first-order valence-electron chi connectivity index (χ1n) is 12.1. The number of nitrogens with one attached hydrogen (secondary N) is 1. The Kier molecular flexibility index (Phi) is 8.03. The number of nitrogens with zero attached hydrogens (tertiary/aromatic N) is 2. The number of fused-ring (bicyclic) bond motifs is 1. The summed E-state index contributed by atoms with van der Waals surface area (Å²) in [6, 6.07) is 21.7. The molecule has 0 radical (unpaired) electrons. The molecule has 0 fully saturated rings. The minimum Gasteiger partial charge on any atom is -0.497 e. The van der Waals surface area contributed by atoms with E-state index in [1.807, 2.05) is 18.2 Å². The number of hydrogen-bond acceptors (Lipinski definition) is 4. The molecular weight excluding hydrogens is 438 g/mol. The first-order valence-corrected chi connectivity index (χ1v) is 12.1. The fourth-order valence-corrected chi connectivity index (χ4v) is 4.29. The van der Waals surface area contributed by atoms with Gasteiger partial charge in [-0.15, -0.1) is 0 Å². The molecule has 4 aromatic rings. The number of aromatic nitrogens is 2. The molecule has 182 valence electrons. The van der Waals surface area contributed by atoms with Crippen molar-refractivity contribution < 1.29 is 14.3 Å². The van der Waals surface area contributed by atoms with Gasteiger partial charge in [0, 0.05) is 25.1 Å². The summed E-state index contributed by atoms with van der Waals surface area (Å²) in [5, 5.41) is 3.00. The summed E-state index contributed by atoms with van der Waals surface area (Å²) in [5.74, 6) is 2.62. The molecule has 0 spiro atoms. The van der Waals surface area contributed by atoms with Crippen LogP contribution in [0.5, 0.6) is 11.5 Å². The second-order valence-electron chi connectivity index (χ2n) is 8.78. The second kappa shape index (κ2) is 11.6. The molecule has 0 saturated carbocycles. The average molecular weight is 472 g/mol. The maximum atomic E-state index is 12.4. The fraction of sp³-hybridized carbons (Fsp3) is 0.310. The number of imidazole rings is 1. The van der Waals surface area contributed by atoms with Gasteiger partial charge in [0.25, 0.3) is 5.91 Å². The molecule has 6 nitrogen and oxygen atoms in total. The van der Waals surface area contributed by atoms with Crippen LogP contribution < -0.4 is 14.8 Å². The Bertz CT molecular complexity index is 1260. The summed E-state index contributed by atoms with van der Waals surface area (Å²) in [6.07, 6.45) is 2.48. The van der Waals surface area contributed by atoms with E-state index < -0.39 is 0 Å². The molecule has 0 aliphatic rings. The van der Waals surface area contributed by atoms with Crippen LogP contribution in [0.4, 0.5) is 0 Å². The fourth-order valence-electron chi connectivity index (χ4n) is 4.29. The number of amides is 1. The Balaban J connectivity index is 1.32. The van der Waals surface area contributed by atoms with Crippen LogP contribution in [0.3, 0.4) is 0 Å². The number of benzene rings is 3. The van der Waals surface area contributed by atoms with Gasteiger partial charge in [0.1, 0.15) is 17.3 Å². The zero-order valence-electron chi connectivity index (χ0n) is 20.7. The van der Waals surface area contributed by atoms with Crippen molar-refractivity contribution in [1.29, 1.82) is 0 Å².